The molecule has 17 heavy (non-hydrogen) atoms. The average Bonchev–Trinajstić information content (AvgIpc) is 2.75. The van der Waals surface area contributed by atoms with E-state index < -0.39 is 5.91 Å². The van der Waals surface area contributed by atoms with Gasteiger partial charge in [0, 0.05) is 12.4 Å². The molecule has 0 spiro atoms. The molecule has 3 N–H and O–H groups in total. The highest BCUT2D eigenvalue weighted by Gasteiger charge is 2.01. The zero-order chi connectivity index (χ0) is 12.1. The first kappa shape index (κ1) is 11.1. The Labute approximate surface area is 97.7 Å². The van der Waals surface area contributed by atoms with E-state index in [1.807, 2.05) is 6.07 Å². The maximum absolute atomic E-state index is 10.7. The van der Waals surface area contributed by atoms with Gasteiger partial charge < -0.3 is 11.1 Å². The Balaban J connectivity index is 1.91. The van der Waals surface area contributed by atoms with Crippen molar-refractivity contribution in [2.45, 2.75) is 13.1 Å². The molecule has 88 valence electrons. The molecule has 0 fully saturated rings. The molecule has 2 aromatic rings. The van der Waals surface area contributed by atoms with Crippen LogP contribution in [-0.4, -0.2) is 25.7 Å². The highest BCUT2D eigenvalue weighted by Crippen LogP contribution is 2.06. The summed E-state index contributed by atoms with van der Waals surface area (Å²) in [4.78, 5) is 18.6. The van der Waals surface area contributed by atoms with Gasteiger partial charge in [0.25, 0.3) is 0 Å². The van der Waals surface area contributed by atoms with E-state index in [1.165, 1.54) is 11.0 Å². The second-order valence-electron chi connectivity index (χ2n) is 3.45. The molecule has 0 aromatic carbocycles. The summed E-state index contributed by atoms with van der Waals surface area (Å²) in [5, 5.41) is 7.12. The third-order valence-corrected chi connectivity index (χ3v) is 2.07. The van der Waals surface area contributed by atoms with Gasteiger partial charge in [-0.25, -0.2) is 9.97 Å². The maximum Gasteiger partial charge on any atom is 0.239 e. The molecule has 2 rings (SSSR count). The Morgan fingerprint density at radius 2 is 2.41 bits per heavy atom. The number of primary amides is 1. The molecule has 0 saturated heterocycles. The molecule has 0 aliphatic heterocycles. The Kier molecular flexibility index (Phi) is 3.29. The number of nitrogens with zero attached hydrogens (tertiary/aromatic N) is 4. The van der Waals surface area contributed by atoms with Gasteiger partial charge in [0.1, 0.15) is 12.9 Å². The Bertz CT molecular complexity index is 495. The predicted molar refractivity (Wildman–Crippen MR) is 60.8 cm³/mol. The van der Waals surface area contributed by atoms with E-state index in [0.29, 0.717) is 6.54 Å². The van der Waals surface area contributed by atoms with Crippen LogP contribution in [0.5, 0.6) is 0 Å². The number of amides is 1. The lowest BCUT2D eigenvalue weighted by molar-refractivity contribution is -0.118. The number of nitrogens with two attached hydrogens (primary N) is 1. The topological polar surface area (TPSA) is 98.7 Å². The van der Waals surface area contributed by atoms with Crippen LogP contribution in [0.3, 0.4) is 0 Å². The molecule has 0 atom stereocenters. The van der Waals surface area contributed by atoms with E-state index in [4.69, 9.17) is 5.73 Å². The lowest BCUT2D eigenvalue weighted by atomic mass is 10.4. The fourth-order valence-electron chi connectivity index (χ4n) is 1.32. The minimum absolute atomic E-state index is 0.0786. The van der Waals surface area contributed by atoms with Crippen molar-refractivity contribution in [3.05, 3.63) is 36.7 Å². The Hall–Kier alpha value is -2.44. The third-order valence-electron chi connectivity index (χ3n) is 2.07. The smallest absolute Gasteiger partial charge is 0.239 e. The summed E-state index contributed by atoms with van der Waals surface area (Å²) in [5.41, 5.74) is 6.75. The standard InChI is InChI=1S/C10H12N6O/c11-10(17)6-16-5-9(4-15-16)13-3-8-1-2-12-7-14-8/h1-2,4-5,7,13H,3,6H2,(H2,11,17). The second-order valence-corrected chi connectivity index (χ2v) is 3.45. The van der Waals surface area contributed by atoms with Crippen LogP contribution in [-0.2, 0) is 17.9 Å². The van der Waals surface area contributed by atoms with Crippen molar-refractivity contribution in [3.8, 4) is 0 Å². The summed E-state index contributed by atoms with van der Waals surface area (Å²) in [5.74, 6) is -0.421. The van der Waals surface area contributed by atoms with Crippen LogP contribution >= 0.6 is 0 Å². The van der Waals surface area contributed by atoms with Gasteiger partial charge >= 0.3 is 0 Å². The van der Waals surface area contributed by atoms with Gasteiger partial charge in [0.2, 0.25) is 5.91 Å². The van der Waals surface area contributed by atoms with Gasteiger partial charge in [-0.2, -0.15) is 5.10 Å². The monoisotopic (exact) mass is 232 g/mol. The van der Waals surface area contributed by atoms with Gasteiger partial charge in [0.05, 0.1) is 24.1 Å². The molecule has 7 heteroatoms. The van der Waals surface area contributed by atoms with E-state index in [-0.39, 0.29) is 6.54 Å². The van der Waals surface area contributed by atoms with Crippen LogP contribution in [0.1, 0.15) is 5.69 Å². The van der Waals surface area contributed by atoms with Crippen molar-refractivity contribution in [2.24, 2.45) is 5.73 Å². The first-order valence-electron chi connectivity index (χ1n) is 5.03. The molecular weight excluding hydrogens is 220 g/mol. The van der Waals surface area contributed by atoms with Gasteiger partial charge in [-0.3, -0.25) is 9.48 Å². The van der Waals surface area contributed by atoms with Crippen LogP contribution in [0, 0.1) is 0 Å². The van der Waals surface area contributed by atoms with Crippen LogP contribution < -0.4 is 11.1 Å². The quantitative estimate of drug-likeness (QED) is 0.742. The van der Waals surface area contributed by atoms with Gasteiger partial charge in [-0.05, 0) is 6.07 Å². The summed E-state index contributed by atoms with van der Waals surface area (Å²) in [7, 11) is 0. The number of hydrogen-bond acceptors (Lipinski definition) is 5. The SMILES string of the molecule is NC(=O)Cn1cc(NCc2ccncn2)cn1. The Morgan fingerprint density at radius 3 is 3.12 bits per heavy atom. The molecule has 2 aromatic heterocycles. The molecule has 0 unspecified atom stereocenters. The molecule has 0 aliphatic rings. The van der Waals surface area contributed by atoms with Gasteiger partial charge in [0.15, 0.2) is 0 Å². The normalized spacial score (nSPS) is 10.1. The van der Waals surface area contributed by atoms with Crippen molar-refractivity contribution in [2.75, 3.05) is 5.32 Å². The summed E-state index contributed by atoms with van der Waals surface area (Å²) >= 11 is 0. The maximum atomic E-state index is 10.7. The van der Waals surface area contributed by atoms with Crippen LogP contribution in [0.4, 0.5) is 5.69 Å². The molecular formula is C10H12N6O. The Morgan fingerprint density at radius 1 is 1.53 bits per heavy atom. The number of carbonyl (C=O) groups excluding carboxylic acids is 1. The lowest BCUT2D eigenvalue weighted by Gasteiger charge is -2.01. The number of anilines is 1. The summed E-state index contributed by atoms with van der Waals surface area (Å²) < 4.78 is 1.48. The van der Waals surface area contributed by atoms with Crippen molar-refractivity contribution in [1.29, 1.82) is 0 Å². The molecule has 7 nitrogen and oxygen atoms in total. The fraction of sp³-hybridized carbons (Fsp3) is 0.200. The van der Waals surface area contributed by atoms with Crippen LogP contribution in [0.2, 0.25) is 0 Å². The number of rotatable bonds is 5. The largest absolute Gasteiger partial charge is 0.377 e. The molecule has 0 bridgehead atoms. The first-order chi connectivity index (χ1) is 8.24. The third kappa shape index (κ3) is 3.26. The summed E-state index contributed by atoms with van der Waals surface area (Å²) in [6.07, 6.45) is 6.52. The number of carbonyl (C=O) groups is 1. The van der Waals surface area contributed by atoms with Crippen molar-refractivity contribution >= 4 is 11.6 Å². The average molecular weight is 232 g/mol. The van der Waals surface area contributed by atoms with Crippen LogP contribution in [0.15, 0.2) is 31.0 Å². The van der Waals surface area contributed by atoms with Crippen molar-refractivity contribution < 1.29 is 4.79 Å². The minimum Gasteiger partial charge on any atom is -0.377 e. The molecule has 0 saturated carbocycles. The van der Waals surface area contributed by atoms with Crippen molar-refractivity contribution in [3.63, 3.8) is 0 Å². The first-order valence-corrected chi connectivity index (χ1v) is 5.03. The van der Waals surface area contributed by atoms with Crippen LogP contribution in [0.25, 0.3) is 0 Å². The molecule has 1 amide bonds. The lowest BCUT2D eigenvalue weighted by Crippen LogP contribution is -2.18. The van der Waals surface area contributed by atoms with E-state index in [0.717, 1.165) is 11.4 Å². The number of hydrogen-bond donors (Lipinski definition) is 2. The summed E-state index contributed by atoms with van der Waals surface area (Å²) in [6, 6.07) is 1.82. The minimum atomic E-state index is -0.421. The van der Waals surface area contributed by atoms with E-state index >= 15 is 0 Å². The van der Waals surface area contributed by atoms with E-state index in [9.17, 15) is 4.79 Å². The number of nitrogens with one attached hydrogen (secondary N) is 1. The molecule has 0 radical (unpaired) electrons. The van der Waals surface area contributed by atoms with E-state index in [1.54, 1.807) is 18.6 Å². The molecule has 0 aliphatic carbocycles. The zero-order valence-electron chi connectivity index (χ0n) is 9.08. The highest BCUT2D eigenvalue weighted by atomic mass is 16.1. The van der Waals surface area contributed by atoms with E-state index in [2.05, 4.69) is 20.4 Å². The molecule has 2 heterocycles. The van der Waals surface area contributed by atoms with Gasteiger partial charge in [-0.1, -0.05) is 0 Å². The zero-order valence-corrected chi connectivity index (χ0v) is 9.08. The fourth-order valence-corrected chi connectivity index (χ4v) is 1.32. The summed E-state index contributed by atoms with van der Waals surface area (Å²) in [6.45, 7) is 0.653. The van der Waals surface area contributed by atoms with Crippen molar-refractivity contribution in [1.82, 2.24) is 19.7 Å². The second kappa shape index (κ2) is 5.06. The predicted octanol–water partition coefficient (Wildman–Crippen LogP) is -0.230. The number of aromatic nitrogens is 4. The van der Waals surface area contributed by atoms with Gasteiger partial charge in [-0.15, -0.1) is 0 Å². The highest BCUT2D eigenvalue weighted by molar-refractivity contribution is 5.73.